The van der Waals surface area contributed by atoms with Crippen LogP contribution >= 0.6 is 11.6 Å². The van der Waals surface area contributed by atoms with E-state index in [0.717, 1.165) is 36.1 Å². The number of rotatable bonds is 7. The quantitative estimate of drug-likeness (QED) is 0.607. The zero-order valence-corrected chi connectivity index (χ0v) is 14.1. The molecule has 22 heavy (non-hydrogen) atoms. The second kappa shape index (κ2) is 7.99. The van der Waals surface area contributed by atoms with Crippen LogP contribution in [-0.4, -0.2) is 35.3 Å². The lowest BCUT2D eigenvalue weighted by Crippen LogP contribution is -2.19. The molecule has 0 amide bonds. The van der Waals surface area contributed by atoms with Gasteiger partial charge in [-0.1, -0.05) is 11.6 Å². The van der Waals surface area contributed by atoms with Crippen LogP contribution in [0.3, 0.4) is 0 Å². The van der Waals surface area contributed by atoms with E-state index in [1.165, 1.54) is 0 Å². The average Bonchev–Trinajstić information content (AvgIpc) is 2.51. The number of hydrogen-bond donors (Lipinski definition) is 1. The predicted molar refractivity (Wildman–Crippen MR) is 95.9 cm³/mol. The Kier molecular flexibility index (Phi) is 6.01. The van der Waals surface area contributed by atoms with Gasteiger partial charge < -0.3 is 5.32 Å². The first-order chi connectivity index (χ1) is 10.6. The number of nitrogens with zero attached hydrogens (tertiary/aromatic N) is 3. The normalized spacial score (nSPS) is 12.7. The zero-order chi connectivity index (χ0) is 15.9. The first kappa shape index (κ1) is 16.6. The molecule has 0 bridgehead atoms. The Morgan fingerprint density at radius 3 is 2.82 bits per heavy atom. The maximum Gasteiger partial charge on any atom is 0.0737 e. The van der Waals surface area contributed by atoms with Gasteiger partial charge in [0, 0.05) is 54.1 Å². The van der Waals surface area contributed by atoms with Gasteiger partial charge in [0.15, 0.2) is 0 Å². The second-order valence-corrected chi connectivity index (χ2v) is 5.67. The van der Waals surface area contributed by atoms with Gasteiger partial charge in [0.05, 0.1) is 5.52 Å². The third-order valence-corrected chi connectivity index (χ3v) is 3.78. The Morgan fingerprint density at radius 1 is 1.32 bits per heavy atom. The Morgan fingerprint density at radius 2 is 2.09 bits per heavy atom. The number of hydrazone groups is 1. The monoisotopic (exact) mass is 318 g/mol. The van der Waals surface area contributed by atoms with E-state index < -0.39 is 0 Å². The molecule has 0 saturated heterocycles. The number of hydrogen-bond acceptors (Lipinski definition) is 4. The number of pyridine rings is 1. The van der Waals surface area contributed by atoms with Crippen molar-refractivity contribution in [2.75, 3.05) is 18.4 Å². The lowest BCUT2D eigenvalue weighted by Gasteiger charge is -2.16. The van der Waals surface area contributed by atoms with Gasteiger partial charge in [-0.2, -0.15) is 5.10 Å². The maximum atomic E-state index is 6.02. The molecule has 1 unspecified atom stereocenters. The van der Waals surface area contributed by atoms with Gasteiger partial charge >= 0.3 is 0 Å². The van der Waals surface area contributed by atoms with Crippen LogP contribution in [0, 0.1) is 0 Å². The first-order valence-electron chi connectivity index (χ1n) is 7.72. The average molecular weight is 319 g/mol. The van der Waals surface area contributed by atoms with Crippen LogP contribution in [0.5, 0.6) is 0 Å². The van der Waals surface area contributed by atoms with Crippen LogP contribution in [0.4, 0.5) is 5.69 Å². The van der Waals surface area contributed by atoms with Crippen molar-refractivity contribution in [3.05, 3.63) is 35.5 Å². The SMILES string of the molecule is CCN(CC)N=CCC(C)Nc1ccnc2cc(Cl)ccc12. The molecule has 1 aromatic heterocycles. The Balaban J connectivity index is 2.04. The largest absolute Gasteiger partial charge is 0.382 e. The summed E-state index contributed by atoms with van der Waals surface area (Å²) in [5.41, 5.74) is 1.98. The lowest BCUT2D eigenvalue weighted by molar-refractivity contribution is 0.322. The molecule has 1 heterocycles. The van der Waals surface area contributed by atoms with Crippen molar-refractivity contribution in [3.8, 4) is 0 Å². The molecule has 1 N–H and O–H groups in total. The number of nitrogens with one attached hydrogen (secondary N) is 1. The van der Waals surface area contributed by atoms with Crippen LogP contribution in [0.2, 0.25) is 5.02 Å². The highest BCUT2D eigenvalue weighted by molar-refractivity contribution is 6.31. The van der Waals surface area contributed by atoms with Gasteiger partial charge in [-0.3, -0.25) is 9.99 Å². The van der Waals surface area contributed by atoms with Crippen LogP contribution in [-0.2, 0) is 0 Å². The molecule has 118 valence electrons. The van der Waals surface area contributed by atoms with Gasteiger partial charge in [0.2, 0.25) is 0 Å². The highest BCUT2D eigenvalue weighted by Gasteiger charge is 2.06. The summed E-state index contributed by atoms with van der Waals surface area (Å²) in [5.74, 6) is 0. The summed E-state index contributed by atoms with van der Waals surface area (Å²) >= 11 is 6.02. The molecule has 5 heteroatoms. The molecule has 0 aliphatic carbocycles. The van der Waals surface area contributed by atoms with Gasteiger partial charge in [-0.25, -0.2) is 0 Å². The van der Waals surface area contributed by atoms with Crippen LogP contribution in [0.25, 0.3) is 10.9 Å². The van der Waals surface area contributed by atoms with Crippen molar-refractivity contribution >= 4 is 34.4 Å². The summed E-state index contributed by atoms with van der Waals surface area (Å²) in [7, 11) is 0. The number of benzene rings is 1. The van der Waals surface area contributed by atoms with Crippen LogP contribution < -0.4 is 5.32 Å². The van der Waals surface area contributed by atoms with Crippen molar-refractivity contribution in [3.63, 3.8) is 0 Å². The van der Waals surface area contributed by atoms with Crippen LogP contribution in [0.15, 0.2) is 35.6 Å². The fourth-order valence-corrected chi connectivity index (χ4v) is 2.45. The zero-order valence-electron chi connectivity index (χ0n) is 13.4. The van der Waals surface area contributed by atoms with Gasteiger partial charge in [0.1, 0.15) is 0 Å². The topological polar surface area (TPSA) is 40.5 Å². The van der Waals surface area contributed by atoms with Gasteiger partial charge in [-0.05, 0) is 45.0 Å². The second-order valence-electron chi connectivity index (χ2n) is 5.24. The van der Waals surface area contributed by atoms with E-state index in [1.807, 2.05) is 35.5 Å². The van der Waals surface area contributed by atoms with E-state index in [0.29, 0.717) is 11.1 Å². The summed E-state index contributed by atoms with van der Waals surface area (Å²) in [6.45, 7) is 8.24. The molecule has 0 spiro atoms. The van der Waals surface area contributed by atoms with E-state index >= 15 is 0 Å². The van der Waals surface area contributed by atoms with Crippen molar-refractivity contribution in [2.24, 2.45) is 5.10 Å². The smallest absolute Gasteiger partial charge is 0.0737 e. The number of halogens is 1. The van der Waals surface area contributed by atoms with Gasteiger partial charge in [0.25, 0.3) is 0 Å². The molecular formula is C17H23ClN4. The Labute approximate surface area is 137 Å². The molecular weight excluding hydrogens is 296 g/mol. The molecule has 0 aliphatic heterocycles. The maximum absolute atomic E-state index is 6.02. The van der Waals surface area contributed by atoms with Crippen molar-refractivity contribution in [1.82, 2.24) is 9.99 Å². The Hall–Kier alpha value is -1.81. The number of aromatic nitrogens is 1. The van der Waals surface area contributed by atoms with E-state index in [4.69, 9.17) is 11.6 Å². The molecule has 0 saturated carbocycles. The molecule has 0 fully saturated rings. The van der Waals surface area contributed by atoms with Crippen molar-refractivity contribution in [2.45, 2.75) is 33.2 Å². The third kappa shape index (κ3) is 4.34. The molecule has 0 radical (unpaired) electrons. The first-order valence-corrected chi connectivity index (χ1v) is 8.10. The Bertz CT molecular complexity index is 638. The van der Waals surface area contributed by atoms with Crippen molar-refractivity contribution in [1.29, 1.82) is 0 Å². The molecule has 1 aromatic carbocycles. The number of anilines is 1. The standard InChI is InChI=1S/C17H23ClN4/c1-4-22(5-2)20-11-8-13(3)21-16-9-10-19-17-12-14(18)6-7-15(16)17/h6-7,9-13H,4-5,8H2,1-3H3,(H,19,21). The summed E-state index contributed by atoms with van der Waals surface area (Å²) < 4.78 is 0. The summed E-state index contributed by atoms with van der Waals surface area (Å²) in [5, 5.41) is 11.8. The highest BCUT2D eigenvalue weighted by atomic mass is 35.5. The minimum absolute atomic E-state index is 0.292. The van der Waals surface area contributed by atoms with E-state index in [9.17, 15) is 0 Å². The minimum Gasteiger partial charge on any atom is -0.382 e. The molecule has 2 aromatic rings. The van der Waals surface area contributed by atoms with E-state index in [1.54, 1.807) is 6.20 Å². The summed E-state index contributed by atoms with van der Waals surface area (Å²) in [4.78, 5) is 4.36. The molecule has 4 nitrogen and oxygen atoms in total. The number of fused-ring (bicyclic) bond motifs is 1. The van der Waals surface area contributed by atoms with E-state index in [2.05, 4.69) is 36.2 Å². The lowest BCUT2D eigenvalue weighted by atomic mass is 10.1. The third-order valence-electron chi connectivity index (χ3n) is 3.54. The molecule has 0 aliphatic rings. The highest BCUT2D eigenvalue weighted by Crippen LogP contribution is 2.25. The molecule has 2 rings (SSSR count). The van der Waals surface area contributed by atoms with Crippen molar-refractivity contribution < 1.29 is 0 Å². The summed E-state index contributed by atoms with van der Waals surface area (Å²) in [6.07, 6.45) is 4.65. The van der Waals surface area contributed by atoms with Crippen LogP contribution in [0.1, 0.15) is 27.2 Å². The predicted octanol–water partition coefficient (Wildman–Crippen LogP) is 4.41. The van der Waals surface area contributed by atoms with Gasteiger partial charge in [-0.15, -0.1) is 0 Å². The minimum atomic E-state index is 0.292. The van der Waals surface area contributed by atoms with E-state index in [-0.39, 0.29) is 0 Å². The summed E-state index contributed by atoms with van der Waals surface area (Å²) in [6, 6.07) is 8.07. The molecule has 1 atom stereocenters. The fourth-order valence-electron chi connectivity index (χ4n) is 2.28. The fraction of sp³-hybridized carbons (Fsp3) is 0.412.